The SMILES string of the molecule is CCCCCCCC/C=C\CCCCCCCC(=O)OCCN(CCOC(=O)OC(CCCCCC)CCCCCCCCCC(=O)OCC(CCCC)CCCCCC)CCN(CC)CC. The van der Waals surface area contributed by atoms with Gasteiger partial charge in [-0.3, -0.25) is 14.5 Å². The Kier molecular flexibility index (Phi) is 50.1. The molecule has 0 aliphatic rings. The third-order valence-electron chi connectivity index (χ3n) is 13.5. The number of rotatable bonds is 52. The van der Waals surface area contributed by atoms with Crippen molar-refractivity contribution in [3.63, 3.8) is 0 Å². The van der Waals surface area contributed by atoms with Crippen molar-refractivity contribution in [1.29, 1.82) is 0 Å². The maximum absolute atomic E-state index is 13.0. The lowest BCUT2D eigenvalue weighted by Gasteiger charge is -2.26. The fourth-order valence-electron chi connectivity index (χ4n) is 8.82. The highest BCUT2D eigenvalue weighted by atomic mass is 16.7. The van der Waals surface area contributed by atoms with E-state index in [1.165, 1.54) is 135 Å². The normalized spacial score (nSPS) is 12.6. The Morgan fingerprint density at radius 3 is 1.33 bits per heavy atom. The lowest BCUT2D eigenvalue weighted by atomic mass is 9.96. The average molecular weight is 950 g/mol. The Balaban J connectivity index is 4.49. The largest absolute Gasteiger partial charge is 0.508 e. The summed E-state index contributed by atoms with van der Waals surface area (Å²) >= 11 is 0. The summed E-state index contributed by atoms with van der Waals surface area (Å²) < 4.78 is 23.0. The first-order valence-electron chi connectivity index (χ1n) is 29.1. The molecular formula is C58H112N2O7. The molecule has 0 N–H and O–H groups in total. The highest BCUT2D eigenvalue weighted by molar-refractivity contribution is 5.69. The summed E-state index contributed by atoms with van der Waals surface area (Å²) in [6, 6.07) is 0. The van der Waals surface area contributed by atoms with Crippen LogP contribution in [0.1, 0.15) is 273 Å². The van der Waals surface area contributed by atoms with Crippen LogP contribution in [0.25, 0.3) is 0 Å². The van der Waals surface area contributed by atoms with Gasteiger partial charge in [0.05, 0.1) is 6.61 Å². The van der Waals surface area contributed by atoms with Crippen molar-refractivity contribution in [3.8, 4) is 0 Å². The zero-order valence-corrected chi connectivity index (χ0v) is 45.4. The van der Waals surface area contributed by atoms with Crippen LogP contribution in [-0.2, 0) is 28.5 Å². The van der Waals surface area contributed by atoms with Crippen molar-refractivity contribution >= 4 is 18.1 Å². The van der Waals surface area contributed by atoms with Gasteiger partial charge in [0.15, 0.2) is 0 Å². The molecule has 0 fully saturated rings. The highest BCUT2D eigenvalue weighted by Gasteiger charge is 2.17. The quantitative estimate of drug-likeness (QED) is 0.0256. The first kappa shape index (κ1) is 64.9. The lowest BCUT2D eigenvalue weighted by molar-refractivity contribution is -0.145. The number of nitrogens with zero attached hydrogens (tertiary/aromatic N) is 2. The predicted octanol–water partition coefficient (Wildman–Crippen LogP) is 16.5. The van der Waals surface area contributed by atoms with Crippen LogP contribution in [0.5, 0.6) is 0 Å². The number of carbonyl (C=O) groups excluding carboxylic acids is 3. The standard InChI is InChI=1S/C58H112N2O7/c1-7-13-17-20-21-22-23-24-25-26-27-28-31-34-39-45-56(61)64-51-49-60(48-47-59(11-5)12-6)50-52-65-58(63)67-55(43-37-19-15-9-3)44-38-33-30-29-32-35-40-46-57(62)66-53-54(41-16-10-4)42-36-18-14-8-2/h24-25,54-55H,7-23,26-53H2,1-6H3/b25-24-. The minimum atomic E-state index is -0.572. The highest BCUT2D eigenvalue weighted by Crippen LogP contribution is 2.20. The number of hydrogen-bond acceptors (Lipinski definition) is 9. The number of hydrogen-bond donors (Lipinski definition) is 0. The fourth-order valence-corrected chi connectivity index (χ4v) is 8.82. The number of carbonyl (C=O) groups is 3. The topological polar surface area (TPSA) is 94.6 Å². The molecule has 0 aromatic carbocycles. The lowest BCUT2D eigenvalue weighted by Crippen LogP contribution is -2.39. The summed E-state index contributed by atoms with van der Waals surface area (Å²) in [7, 11) is 0. The van der Waals surface area contributed by atoms with Gasteiger partial charge in [-0.2, -0.15) is 0 Å². The first-order chi connectivity index (χ1) is 32.8. The van der Waals surface area contributed by atoms with Gasteiger partial charge < -0.3 is 23.8 Å². The van der Waals surface area contributed by atoms with E-state index in [9.17, 15) is 14.4 Å². The van der Waals surface area contributed by atoms with Gasteiger partial charge >= 0.3 is 18.1 Å². The van der Waals surface area contributed by atoms with E-state index in [4.69, 9.17) is 18.9 Å². The molecule has 2 unspecified atom stereocenters. The molecule has 67 heavy (non-hydrogen) atoms. The molecule has 9 nitrogen and oxygen atoms in total. The zero-order chi connectivity index (χ0) is 49.1. The maximum Gasteiger partial charge on any atom is 0.508 e. The molecule has 0 heterocycles. The van der Waals surface area contributed by atoms with Crippen molar-refractivity contribution in [3.05, 3.63) is 12.2 Å². The maximum atomic E-state index is 13.0. The van der Waals surface area contributed by atoms with Gasteiger partial charge in [0.25, 0.3) is 0 Å². The molecule has 0 aromatic rings. The number of likely N-dealkylation sites (N-methyl/N-ethyl adjacent to an activating group) is 1. The summed E-state index contributed by atoms with van der Waals surface area (Å²) in [5.74, 6) is 0.377. The molecule has 0 saturated carbocycles. The second-order valence-electron chi connectivity index (χ2n) is 19.7. The van der Waals surface area contributed by atoms with Crippen LogP contribution in [0, 0.1) is 5.92 Å². The average Bonchev–Trinajstić information content (AvgIpc) is 3.32. The van der Waals surface area contributed by atoms with Crippen molar-refractivity contribution in [2.45, 2.75) is 279 Å². The van der Waals surface area contributed by atoms with Crippen LogP contribution >= 0.6 is 0 Å². The van der Waals surface area contributed by atoms with Crippen molar-refractivity contribution in [1.82, 2.24) is 9.80 Å². The number of ether oxygens (including phenoxy) is 4. The predicted molar refractivity (Wildman–Crippen MR) is 284 cm³/mol. The molecule has 0 spiro atoms. The molecule has 0 bridgehead atoms. The van der Waals surface area contributed by atoms with Crippen molar-refractivity contribution < 1.29 is 33.3 Å². The second kappa shape index (κ2) is 51.7. The smallest absolute Gasteiger partial charge is 0.465 e. The molecular weight excluding hydrogens is 837 g/mol. The summed E-state index contributed by atoms with van der Waals surface area (Å²) in [4.78, 5) is 42.6. The molecule has 0 saturated heterocycles. The molecule has 9 heteroatoms. The van der Waals surface area contributed by atoms with E-state index in [-0.39, 0.29) is 24.6 Å². The Labute approximate surface area is 415 Å². The molecule has 0 rings (SSSR count). The Morgan fingerprint density at radius 1 is 0.403 bits per heavy atom. The van der Waals surface area contributed by atoms with E-state index in [0.717, 1.165) is 110 Å². The van der Waals surface area contributed by atoms with Crippen LogP contribution in [0.4, 0.5) is 4.79 Å². The van der Waals surface area contributed by atoms with E-state index in [2.05, 4.69) is 63.5 Å². The molecule has 0 aromatic heterocycles. The minimum absolute atomic E-state index is 0.0248. The van der Waals surface area contributed by atoms with Crippen LogP contribution in [0.2, 0.25) is 0 Å². The zero-order valence-electron chi connectivity index (χ0n) is 45.4. The molecule has 0 radical (unpaired) electrons. The monoisotopic (exact) mass is 949 g/mol. The van der Waals surface area contributed by atoms with E-state index >= 15 is 0 Å². The van der Waals surface area contributed by atoms with Gasteiger partial charge in [-0.1, -0.05) is 195 Å². The molecule has 396 valence electrons. The van der Waals surface area contributed by atoms with Gasteiger partial charge in [-0.25, -0.2) is 4.79 Å². The van der Waals surface area contributed by atoms with Crippen LogP contribution in [-0.4, -0.2) is 93.1 Å². The second-order valence-corrected chi connectivity index (χ2v) is 19.7. The van der Waals surface area contributed by atoms with E-state index in [1.807, 2.05) is 0 Å². The van der Waals surface area contributed by atoms with Gasteiger partial charge in [0.2, 0.25) is 0 Å². The Morgan fingerprint density at radius 2 is 0.806 bits per heavy atom. The first-order valence-corrected chi connectivity index (χ1v) is 29.1. The van der Waals surface area contributed by atoms with Crippen LogP contribution in [0.15, 0.2) is 12.2 Å². The Bertz CT molecular complexity index is 1100. The number of esters is 2. The molecule has 2 atom stereocenters. The third kappa shape index (κ3) is 46.0. The fraction of sp³-hybridized carbons (Fsp3) is 0.914. The minimum Gasteiger partial charge on any atom is -0.465 e. The Hall–Kier alpha value is -2.13. The van der Waals surface area contributed by atoms with Gasteiger partial charge in [-0.15, -0.1) is 0 Å². The summed E-state index contributed by atoms with van der Waals surface area (Å²) in [6.45, 7) is 19.4. The van der Waals surface area contributed by atoms with Gasteiger partial charge in [-0.05, 0) is 96.1 Å². The summed E-state index contributed by atoms with van der Waals surface area (Å²) in [5, 5.41) is 0. The molecule has 0 aliphatic carbocycles. The molecule has 0 aliphatic heterocycles. The van der Waals surface area contributed by atoms with Crippen LogP contribution in [0.3, 0.4) is 0 Å². The number of unbranched alkanes of at least 4 members (excludes halogenated alkanes) is 24. The van der Waals surface area contributed by atoms with Gasteiger partial charge in [0.1, 0.15) is 19.3 Å². The van der Waals surface area contributed by atoms with E-state index in [0.29, 0.717) is 45.1 Å². The van der Waals surface area contributed by atoms with Crippen LogP contribution < -0.4 is 0 Å². The van der Waals surface area contributed by atoms with Crippen molar-refractivity contribution in [2.75, 3.05) is 59.1 Å². The number of allylic oxidation sites excluding steroid dienone is 2. The van der Waals surface area contributed by atoms with Gasteiger partial charge in [0, 0.05) is 39.0 Å². The van der Waals surface area contributed by atoms with Crippen molar-refractivity contribution in [2.24, 2.45) is 5.92 Å². The van der Waals surface area contributed by atoms with E-state index in [1.54, 1.807) is 0 Å². The summed E-state index contributed by atoms with van der Waals surface area (Å²) in [6.07, 6.45) is 44.9. The molecule has 0 amide bonds. The summed E-state index contributed by atoms with van der Waals surface area (Å²) in [5.41, 5.74) is 0. The third-order valence-corrected chi connectivity index (χ3v) is 13.5. The van der Waals surface area contributed by atoms with E-state index < -0.39 is 6.16 Å².